The molecule has 0 unspecified atom stereocenters. The standard InChI is InChI=1S/C19H18FN3O.2C2H6/c1-13-3-9-17(10-4-13)23-18(11-14(2)22-23)21-19(24)12-15-5-7-16(20)8-6-15;2*1-2/h3-11H,12H2,1-2H3,(H,21,24);2*1-2H3. The molecule has 4 nitrogen and oxygen atoms in total. The molecule has 1 amide bonds. The van der Waals surface area contributed by atoms with Crippen molar-refractivity contribution in [3.63, 3.8) is 0 Å². The molecule has 28 heavy (non-hydrogen) atoms. The van der Waals surface area contributed by atoms with Gasteiger partial charge in [-0.3, -0.25) is 4.79 Å². The fraction of sp³-hybridized carbons (Fsp3) is 0.304. The summed E-state index contributed by atoms with van der Waals surface area (Å²) in [6, 6.07) is 15.6. The van der Waals surface area contributed by atoms with Gasteiger partial charge in [0.25, 0.3) is 0 Å². The topological polar surface area (TPSA) is 46.9 Å². The van der Waals surface area contributed by atoms with Gasteiger partial charge in [-0.1, -0.05) is 57.5 Å². The van der Waals surface area contributed by atoms with Crippen molar-refractivity contribution < 1.29 is 9.18 Å². The molecule has 0 saturated heterocycles. The largest absolute Gasteiger partial charge is 0.310 e. The second-order valence-electron chi connectivity index (χ2n) is 5.77. The van der Waals surface area contributed by atoms with Gasteiger partial charge in [0.05, 0.1) is 17.8 Å². The van der Waals surface area contributed by atoms with E-state index in [0.29, 0.717) is 5.82 Å². The number of hydrogen-bond acceptors (Lipinski definition) is 2. The molecule has 0 aliphatic carbocycles. The van der Waals surface area contributed by atoms with E-state index in [0.717, 1.165) is 22.5 Å². The van der Waals surface area contributed by atoms with E-state index in [1.165, 1.54) is 12.1 Å². The summed E-state index contributed by atoms with van der Waals surface area (Å²) in [5.74, 6) is 0.130. The van der Waals surface area contributed by atoms with Gasteiger partial charge in [-0.25, -0.2) is 9.07 Å². The Morgan fingerprint density at radius 3 is 2.11 bits per heavy atom. The number of aryl methyl sites for hydroxylation is 2. The van der Waals surface area contributed by atoms with Gasteiger partial charge in [-0.05, 0) is 43.7 Å². The average Bonchev–Trinajstić information content (AvgIpc) is 3.07. The minimum atomic E-state index is -0.313. The van der Waals surface area contributed by atoms with Crippen LogP contribution in [0.5, 0.6) is 0 Å². The van der Waals surface area contributed by atoms with Crippen molar-refractivity contribution in [2.75, 3.05) is 5.32 Å². The van der Waals surface area contributed by atoms with Crippen LogP contribution >= 0.6 is 0 Å². The van der Waals surface area contributed by atoms with E-state index in [2.05, 4.69) is 10.4 Å². The van der Waals surface area contributed by atoms with Gasteiger partial charge >= 0.3 is 0 Å². The number of halogens is 1. The molecule has 150 valence electrons. The summed E-state index contributed by atoms with van der Waals surface area (Å²) >= 11 is 0. The number of carbonyl (C=O) groups excluding carboxylic acids is 1. The van der Waals surface area contributed by atoms with Crippen LogP contribution in [0.4, 0.5) is 10.2 Å². The van der Waals surface area contributed by atoms with Crippen LogP contribution in [0.15, 0.2) is 54.6 Å². The molecule has 0 atom stereocenters. The number of nitrogens with one attached hydrogen (secondary N) is 1. The third-order valence-electron chi connectivity index (χ3n) is 3.66. The van der Waals surface area contributed by atoms with Gasteiger partial charge in [0.15, 0.2) is 0 Å². The van der Waals surface area contributed by atoms with Crippen molar-refractivity contribution in [3.05, 3.63) is 77.2 Å². The van der Waals surface area contributed by atoms with E-state index < -0.39 is 0 Å². The van der Waals surface area contributed by atoms with E-state index in [4.69, 9.17) is 0 Å². The SMILES string of the molecule is CC.CC.Cc1ccc(-n2nc(C)cc2NC(=O)Cc2ccc(F)cc2)cc1. The zero-order valence-electron chi connectivity index (χ0n) is 17.6. The normalized spacial score (nSPS) is 9.54. The Balaban J connectivity index is 0.000000921. The highest BCUT2D eigenvalue weighted by Crippen LogP contribution is 2.18. The first-order valence-electron chi connectivity index (χ1n) is 9.69. The number of hydrogen-bond donors (Lipinski definition) is 1. The second kappa shape index (κ2) is 11.7. The first kappa shape index (κ1) is 23.1. The quantitative estimate of drug-likeness (QED) is 0.613. The number of amides is 1. The minimum Gasteiger partial charge on any atom is -0.310 e. The number of rotatable bonds is 4. The van der Waals surface area contributed by atoms with E-state index in [9.17, 15) is 9.18 Å². The number of benzene rings is 2. The summed E-state index contributed by atoms with van der Waals surface area (Å²) < 4.78 is 14.6. The lowest BCUT2D eigenvalue weighted by Gasteiger charge is -2.09. The maximum atomic E-state index is 12.9. The Labute approximate surface area is 167 Å². The highest BCUT2D eigenvalue weighted by Gasteiger charge is 2.11. The van der Waals surface area contributed by atoms with E-state index in [1.807, 2.05) is 71.9 Å². The predicted molar refractivity (Wildman–Crippen MR) is 114 cm³/mol. The monoisotopic (exact) mass is 383 g/mol. The van der Waals surface area contributed by atoms with Crippen molar-refractivity contribution >= 4 is 11.7 Å². The van der Waals surface area contributed by atoms with Crippen LogP contribution in [0.25, 0.3) is 5.69 Å². The van der Waals surface area contributed by atoms with E-state index in [1.54, 1.807) is 16.8 Å². The molecule has 0 aliphatic rings. The van der Waals surface area contributed by atoms with Gasteiger partial charge in [0.2, 0.25) is 5.91 Å². The fourth-order valence-corrected chi connectivity index (χ4v) is 2.45. The van der Waals surface area contributed by atoms with Crippen molar-refractivity contribution in [3.8, 4) is 5.69 Å². The minimum absolute atomic E-state index is 0.171. The van der Waals surface area contributed by atoms with Gasteiger partial charge in [-0.2, -0.15) is 5.10 Å². The zero-order chi connectivity index (χ0) is 21.1. The molecular formula is C23H30FN3O. The lowest BCUT2D eigenvalue weighted by molar-refractivity contribution is -0.115. The lowest BCUT2D eigenvalue weighted by Crippen LogP contribution is -2.17. The average molecular weight is 384 g/mol. The molecule has 2 aromatic carbocycles. The van der Waals surface area contributed by atoms with Crippen LogP contribution in [0.2, 0.25) is 0 Å². The molecule has 5 heteroatoms. The predicted octanol–water partition coefficient (Wildman–Crippen LogP) is 5.86. The zero-order valence-corrected chi connectivity index (χ0v) is 17.6. The molecule has 0 spiro atoms. The summed E-state index contributed by atoms with van der Waals surface area (Å²) in [5, 5.41) is 7.31. The Kier molecular flexibility index (Phi) is 9.65. The third kappa shape index (κ3) is 6.65. The molecule has 3 rings (SSSR count). The van der Waals surface area contributed by atoms with Gasteiger partial charge < -0.3 is 5.32 Å². The maximum Gasteiger partial charge on any atom is 0.229 e. The summed E-state index contributed by atoms with van der Waals surface area (Å²) in [6.45, 7) is 11.9. The Hall–Kier alpha value is -2.95. The number of anilines is 1. The first-order valence-corrected chi connectivity index (χ1v) is 9.69. The molecule has 0 aliphatic heterocycles. The molecule has 1 aromatic heterocycles. The highest BCUT2D eigenvalue weighted by atomic mass is 19.1. The Morgan fingerprint density at radius 2 is 1.54 bits per heavy atom. The third-order valence-corrected chi connectivity index (χ3v) is 3.66. The molecule has 3 aromatic rings. The van der Waals surface area contributed by atoms with Crippen molar-refractivity contribution in [2.24, 2.45) is 0 Å². The number of carbonyl (C=O) groups is 1. The second-order valence-corrected chi connectivity index (χ2v) is 5.77. The molecule has 0 fully saturated rings. The van der Waals surface area contributed by atoms with E-state index in [-0.39, 0.29) is 18.1 Å². The van der Waals surface area contributed by atoms with Crippen molar-refractivity contribution in [2.45, 2.75) is 48.0 Å². The van der Waals surface area contributed by atoms with Crippen molar-refractivity contribution in [1.82, 2.24) is 9.78 Å². The molecular weight excluding hydrogens is 353 g/mol. The van der Waals surface area contributed by atoms with Crippen molar-refractivity contribution in [1.29, 1.82) is 0 Å². The first-order chi connectivity index (χ1) is 13.5. The summed E-state index contributed by atoms with van der Waals surface area (Å²) in [7, 11) is 0. The molecule has 0 bridgehead atoms. The van der Waals surface area contributed by atoms with Gasteiger partial charge in [0, 0.05) is 6.07 Å². The van der Waals surface area contributed by atoms with Crippen LogP contribution in [0, 0.1) is 19.7 Å². The van der Waals surface area contributed by atoms with Gasteiger partial charge in [0.1, 0.15) is 11.6 Å². The maximum absolute atomic E-state index is 12.9. The van der Waals surface area contributed by atoms with Crippen LogP contribution in [0.3, 0.4) is 0 Å². The fourth-order valence-electron chi connectivity index (χ4n) is 2.45. The summed E-state index contributed by atoms with van der Waals surface area (Å²) in [6.07, 6.45) is 0.179. The van der Waals surface area contributed by atoms with Crippen LogP contribution < -0.4 is 5.32 Å². The molecule has 1 heterocycles. The van der Waals surface area contributed by atoms with Crippen LogP contribution in [0.1, 0.15) is 44.5 Å². The number of nitrogens with zero attached hydrogens (tertiary/aromatic N) is 2. The Bertz CT molecular complexity index is 853. The summed E-state index contributed by atoms with van der Waals surface area (Å²) in [4.78, 5) is 12.3. The number of aromatic nitrogens is 2. The van der Waals surface area contributed by atoms with Gasteiger partial charge in [-0.15, -0.1) is 0 Å². The smallest absolute Gasteiger partial charge is 0.229 e. The highest BCUT2D eigenvalue weighted by molar-refractivity contribution is 5.91. The molecule has 0 saturated carbocycles. The molecule has 0 radical (unpaired) electrons. The van der Waals surface area contributed by atoms with E-state index >= 15 is 0 Å². The van der Waals surface area contributed by atoms with Crippen LogP contribution in [-0.4, -0.2) is 15.7 Å². The van der Waals surface area contributed by atoms with Crippen LogP contribution in [-0.2, 0) is 11.2 Å². The lowest BCUT2D eigenvalue weighted by atomic mass is 10.1. The Morgan fingerprint density at radius 1 is 0.964 bits per heavy atom. The summed E-state index contributed by atoms with van der Waals surface area (Å²) in [5.41, 5.74) is 3.61. The molecule has 1 N–H and O–H groups in total.